The van der Waals surface area contributed by atoms with Gasteiger partial charge in [-0.2, -0.15) is 0 Å². The Labute approximate surface area is 76.5 Å². The molecule has 0 aromatic heterocycles. The predicted molar refractivity (Wildman–Crippen MR) is 50.2 cm³/mol. The molecule has 66 valence electrons. The lowest BCUT2D eigenvalue weighted by molar-refractivity contribution is 0.630. The number of rotatable bonds is 3. The largest absolute Gasteiger partial charge is 0.383 e. The summed E-state index contributed by atoms with van der Waals surface area (Å²) < 4.78 is 13.0. The van der Waals surface area contributed by atoms with Gasteiger partial charge in [0.15, 0.2) is 0 Å². The van der Waals surface area contributed by atoms with E-state index < -0.39 is 0 Å². The zero-order valence-electron chi connectivity index (χ0n) is 6.90. The Morgan fingerprint density at radius 1 is 1.50 bits per heavy atom. The number of benzene rings is 1. The van der Waals surface area contributed by atoms with Crippen molar-refractivity contribution < 1.29 is 4.39 Å². The van der Waals surface area contributed by atoms with Crippen LogP contribution >= 0.6 is 11.6 Å². The Bertz CT molecular complexity index is 263. The molecule has 0 heterocycles. The summed E-state index contributed by atoms with van der Waals surface area (Å²) in [6, 6.07) is 4.49. The second kappa shape index (κ2) is 4.31. The summed E-state index contributed by atoms with van der Waals surface area (Å²) in [6.45, 7) is 2.78. The molecule has 0 aliphatic rings. The van der Waals surface area contributed by atoms with Crippen LogP contribution in [0.25, 0.3) is 0 Å². The minimum Gasteiger partial charge on any atom is -0.383 e. The monoisotopic (exact) mass is 187 g/mol. The van der Waals surface area contributed by atoms with E-state index in [1.165, 1.54) is 12.1 Å². The third-order valence-electron chi connectivity index (χ3n) is 1.49. The molecule has 0 atom stereocenters. The average Bonchev–Trinajstić information content (AvgIpc) is 2.07. The Hall–Kier alpha value is -0.760. The van der Waals surface area contributed by atoms with Gasteiger partial charge in [-0.3, -0.25) is 0 Å². The van der Waals surface area contributed by atoms with Crippen LogP contribution in [0.5, 0.6) is 0 Å². The lowest BCUT2D eigenvalue weighted by atomic mass is 10.3. The van der Waals surface area contributed by atoms with Gasteiger partial charge in [-0.1, -0.05) is 18.5 Å². The lowest BCUT2D eigenvalue weighted by Gasteiger charge is -2.05. The van der Waals surface area contributed by atoms with Crippen LogP contribution in [-0.2, 0) is 0 Å². The van der Waals surface area contributed by atoms with Crippen molar-refractivity contribution in [1.29, 1.82) is 0 Å². The summed E-state index contributed by atoms with van der Waals surface area (Å²) >= 11 is 5.69. The van der Waals surface area contributed by atoms with Gasteiger partial charge in [-0.15, -0.1) is 0 Å². The number of nitrogens with one attached hydrogen (secondary N) is 1. The lowest BCUT2D eigenvalue weighted by Crippen LogP contribution is -2.01. The quantitative estimate of drug-likeness (QED) is 0.766. The van der Waals surface area contributed by atoms with Gasteiger partial charge in [-0.05, 0) is 24.6 Å². The molecule has 0 amide bonds. The highest BCUT2D eigenvalue weighted by Crippen LogP contribution is 2.19. The van der Waals surface area contributed by atoms with Gasteiger partial charge in [0, 0.05) is 11.6 Å². The molecule has 1 N–H and O–H groups in total. The van der Waals surface area contributed by atoms with Crippen molar-refractivity contribution in [3.05, 3.63) is 29.0 Å². The highest BCUT2D eigenvalue weighted by atomic mass is 35.5. The first-order chi connectivity index (χ1) is 5.74. The Kier molecular flexibility index (Phi) is 3.35. The summed E-state index contributed by atoms with van der Waals surface area (Å²) in [7, 11) is 0. The van der Waals surface area contributed by atoms with E-state index in [0.29, 0.717) is 10.7 Å². The van der Waals surface area contributed by atoms with Crippen LogP contribution in [0.15, 0.2) is 18.2 Å². The van der Waals surface area contributed by atoms with Crippen molar-refractivity contribution in [1.82, 2.24) is 0 Å². The minimum absolute atomic E-state index is 0.257. The van der Waals surface area contributed by atoms with Crippen LogP contribution in [-0.4, -0.2) is 6.54 Å². The Balaban J connectivity index is 2.75. The van der Waals surface area contributed by atoms with E-state index >= 15 is 0 Å². The fourth-order valence-electron chi connectivity index (χ4n) is 0.893. The van der Waals surface area contributed by atoms with Gasteiger partial charge in [0.2, 0.25) is 0 Å². The van der Waals surface area contributed by atoms with Crippen molar-refractivity contribution in [2.24, 2.45) is 0 Å². The fourth-order valence-corrected chi connectivity index (χ4v) is 1.06. The normalized spacial score (nSPS) is 9.92. The summed E-state index contributed by atoms with van der Waals surface area (Å²) in [5, 5.41) is 3.49. The Morgan fingerprint density at radius 3 is 2.92 bits per heavy atom. The topological polar surface area (TPSA) is 12.0 Å². The molecule has 0 radical (unpaired) electrons. The second-order valence-corrected chi connectivity index (χ2v) is 2.99. The average molecular weight is 188 g/mol. The van der Waals surface area contributed by atoms with E-state index in [9.17, 15) is 4.39 Å². The van der Waals surface area contributed by atoms with Crippen molar-refractivity contribution >= 4 is 17.3 Å². The first-order valence-electron chi connectivity index (χ1n) is 3.93. The Morgan fingerprint density at radius 2 is 2.25 bits per heavy atom. The van der Waals surface area contributed by atoms with Crippen molar-refractivity contribution in [2.75, 3.05) is 11.9 Å². The fraction of sp³-hybridized carbons (Fsp3) is 0.333. The van der Waals surface area contributed by atoms with Crippen molar-refractivity contribution in [2.45, 2.75) is 13.3 Å². The maximum atomic E-state index is 13.0. The van der Waals surface area contributed by atoms with Crippen LogP contribution in [0.2, 0.25) is 5.02 Å². The zero-order chi connectivity index (χ0) is 8.97. The van der Waals surface area contributed by atoms with Crippen LogP contribution in [0.4, 0.5) is 10.1 Å². The van der Waals surface area contributed by atoms with E-state index in [2.05, 4.69) is 5.32 Å². The molecule has 3 heteroatoms. The van der Waals surface area contributed by atoms with Gasteiger partial charge in [0.25, 0.3) is 0 Å². The molecule has 1 rings (SSSR count). The van der Waals surface area contributed by atoms with Crippen LogP contribution in [0.1, 0.15) is 13.3 Å². The van der Waals surface area contributed by atoms with Gasteiger partial charge in [0.05, 0.1) is 5.69 Å². The molecule has 0 spiro atoms. The van der Waals surface area contributed by atoms with E-state index in [4.69, 9.17) is 11.6 Å². The molecule has 0 aliphatic carbocycles. The van der Waals surface area contributed by atoms with E-state index in [-0.39, 0.29) is 5.82 Å². The third kappa shape index (κ3) is 2.38. The molecule has 0 fully saturated rings. The van der Waals surface area contributed by atoms with Gasteiger partial charge >= 0.3 is 0 Å². The van der Waals surface area contributed by atoms with Gasteiger partial charge in [0.1, 0.15) is 5.82 Å². The summed E-state index contributed by atoms with van der Waals surface area (Å²) in [6.07, 6.45) is 0.964. The number of hydrogen-bond donors (Lipinski definition) is 1. The summed E-state index contributed by atoms with van der Waals surface area (Å²) in [5.74, 6) is -0.257. The van der Waals surface area contributed by atoms with Crippen molar-refractivity contribution in [3.8, 4) is 0 Å². The highest BCUT2D eigenvalue weighted by Gasteiger charge is 2.00. The maximum Gasteiger partial charge on any atom is 0.146 e. The molecular weight excluding hydrogens is 177 g/mol. The first kappa shape index (κ1) is 9.33. The molecule has 12 heavy (non-hydrogen) atoms. The van der Waals surface area contributed by atoms with Crippen LogP contribution in [0.3, 0.4) is 0 Å². The molecular formula is C9H11ClFN. The van der Waals surface area contributed by atoms with E-state index in [1.54, 1.807) is 6.07 Å². The van der Waals surface area contributed by atoms with Gasteiger partial charge < -0.3 is 5.32 Å². The molecule has 0 bridgehead atoms. The number of hydrogen-bond acceptors (Lipinski definition) is 1. The number of halogens is 2. The molecule has 1 nitrogen and oxygen atoms in total. The third-order valence-corrected chi connectivity index (χ3v) is 1.73. The molecule has 1 aromatic rings. The van der Waals surface area contributed by atoms with Gasteiger partial charge in [-0.25, -0.2) is 4.39 Å². The maximum absolute atomic E-state index is 13.0. The number of anilines is 1. The first-order valence-corrected chi connectivity index (χ1v) is 4.30. The highest BCUT2D eigenvalue weighted by molar-refractivity contribution is 6.30. The minimum atomic E-state index is -0.257. The zero-order valence-corrected chi connectivity index (χ0v) is 7.66. The van der Waals surface area contributed by atoms with Crippen molar-refractivity contribution in [3.63, 3.8) is 0 Å². The molecule has 0 saturated carbocycles. The molecule has 0 aliphatic heterocycles. The smallest absolute Gasteiger partial charge is 0.146 e. The summed E-state index contributed by atoms with van der Waals surface area (Å²) in [5.41, 5.74) is 0.476. The molecule has 0 unspecified atom stereocenters. The van der Waals surface area contributed by atoms with E-state index in [1.807, 2.05) is 6.92 Å². The molecule has 1 aromatic carbocycles. The molecule has 0 saturated heterocycles. The second-order valence-electron chi connectivity index (χ2n) is 2.55. The SMILES string of the molecule is CCCNc1cc(Cl)ccc1F. The van der Waals surface area contributed by atoms with Crippen LogP contribution < -0.4 is 5.32 Å². The van der Waals surface area contributed by atoms with Crippen LogP contribution in [0, 0.1) is 5.82 Å². The predicted octanol–water partition coefficient (Wildman–Crippen LogP) is 3.30. The summed E-state index contributed by atoms with van der Waals surface area (Å²) in [4.78, 5) is 0. The standard InChI is InChI=1S/C9H11ClFN/c1-2-5-12-9-6-7(10)3-4-8(9)11/h3-4,6,12H,2,5H2,1H3. The van der Waals surface area contributed by atoms with E-state index in [0.717, 1.165) is 13.0 Å².